The van der Waals surface area contributed by atoms with E-state index in [1.807, 2.05) is 30.9 Å². The van der Waals surface area contributed by atoms with Gasteiger partial charge in [0.05, 0.1) is 7.11 Å². The van der Waals surface area contributed by atoms with Crippen molar-refractivity contribution in [3.63, 3.8) is 0 Å². The molecule has 5 nitrogen and oxygen atoms in total. The Balaban J connectivity index is 2.06. The molecule has 134 valence electrons. The zero-order valence-corrected chi connectivity index (χ0v) is 15.7. The molecule has 1 aromatic carbocycles. The lowest BCUT2D eigenvalue weighted by atomic mass is 9.74. The molecular formula is C18H29N3O2S. The number of benzene rings is 1. The van der Waals surface area contributed by atoms with Crippen LogP contribution >= 0.6 is 11.8 Å². The molecule has 0 bridgehead atoms. The molecule has 0 saturated carbocycles. The zero-order chi connectivity index (χ0) is 17.3. The topological polar surface area (TPSA) is 54.9 Å². The molecule has 1 aliphatic heterocycles. The van der Waals surface area contributed by atoms with E-state index in [1.54, 1.807) is 7.11 Å². The summed E-state index contributed by atoms with van der Waals surface area (Å²) in [5.41, 5.74) is 1.40. The molecule has 1 aromatic rings. The van der Waals surface area contributed by atoms with Gasteiger partial charge in [0.25, 0.3) is 0 Å². The number of methoxy groups -OCH3 is 1. The van der Waals surface area contributed by atoms with Crippen LogP contribution in [-0.2, 0) is 10.2 Å². The lowest BCUT2D eigenvalue weighted by Crippen LogP contribution is -2.48. The highest BCUT2D eigenvalue weighted by Gasteiger charge is 2.34. The Morgan fingerprint density at radius 2 is 1.96 bits per heavy atom. The smallest absolute Gasteiger partial charge is 0.191 e. The molecule has 24 heavy (non-hydrogen) atoms. The van der Waals surface area contributed by atoms with Crippen molar-refractivity contribution < 1.29 is 9.47 Å². The van der Waals surface area contributed by atoms with Gasteiger partial charge in [0, 0.05) is 44.5 Å². The average Bonchev–Trinajstić information content (AvgIpc) is 2.65. The van der Waals surface area contributed by atoms with Gasteiger partial charge in [-0.2, -0.15) is 11.8 Å². The molecule has 1 fully saturated rings. The third kappa shape index (κ3) is 5.05. The molecular weight excluding hydrogens is 322 g/mol. The van der Waals surface area contributed by atoms with Gasteiger partial charge in [-0.05, 0) is 36.8 Å². The highest BCUT2D eigenvalue weighted by Crippen LogP contribution is 2.35. The predicted octanol–water partition coefficient (Wildman–Crippen LogP) is 2.27. The van der Waals surface area contributed by atoms with Crippen LogP contribution in [-0.4, -0.2) is 58.4 Å². The molecule has 0 spiro atoms. The number of guanidine groups is 1. The minimum atomic E-state index is 0.0711. The van der Waals surface area contributed by atoms with Crippen LogP contribution in [0.2, 0.25) is 0 Å². The summed E-state index contributed by atoms with van der Waals surface area (Å²) in [6.07, 6.45) is 4.13. The fourth-order valence-electron chi connectivity index (χ4n) is 3.02. The summed E-state index contributed by atoms with van der Waals surface area (Å²) in [5, 5.41) is 6.87. The van der Waals surface area contributed by atoms with Crippen LogP contribution in [0.4, 0.5) is 0 Å². The van der Waals surface area contributed by atoms with Crippen molar-refractivity contribution >= 4 is 17.7 Å². The Morgan fingerprint density at radius 3 is 2.54 bits per heavy atom. The van der Waals surface area contributed by atoms with Crippen molar-refractivity contribution in [2.75, 3.05) is 52.5 Å². The van der Waals surface area contributed by atoms with Gasteiger partial charge in [-0.25, -0.2) is 0 Å². The van der Waals surface area contributed by atoms with E-state index < -0.39 is 0 Å². The van der Waals surface area contributed by atoms with E-state index in [0.29, 0.717) is 0 Å². The number of hydrogen-bond donors (Lipinski definition) is 2. The van der Waals surface area contributed by atoms with E-state index in [-0.39, 0.29) is 5.41 Å². The molecule has 0 atom stereocenters. The summed E-state index contributed by atoms with van der Waals surface area (Å²) in [4.78, 5) is 4.33. The number of ether oxygens (including phenoxy) is 2. The van der Waals surface area contributed by atoms with Crippen LogP contribution in [0.3, 0.4) is 0 Å². The number of nitrogens with one attached hydrogen (secondary N) is 2. The first kappa shape index (κ1) is 18.9. The van der Waals surface area contributed by atoms with Gasteiger partial charge in [-0.3, -0.25) is 4.99 Å². The first-order chi connectivity index (χ1) is 11.7. The van der Waals surface area contributed by atoms with Gasteiger partial charge < -0.3 is 20.1 Å². The summed E-state index contributed by atoms with van der Waals surface area (Å²) in [5.74, 6) is 2.82. The van der Waals surface area contributed by atoms with Crippen molar-refractivity contribution in [1.29, 1.82) is 0 Å². The molecule has 0 aliphatic carbocycles. The first-order valence-corrected chi connectivity index (χ1v) is 9.79. The molecule has 1 aliphatic rings. The maximum atomic E-state index is 5.60. The van der Waals surface area contributed by atoms with Crippen molar-refractivity contribution in [1.82, 2.24) is 10.6 Å². The molecule has 0 amide bonds. The van der Waals surface area contributed by atoms with Gasteiger partial charge >= 0.3 is 0 Å². The van der Waals surface area contributed by atoms with Gasteiger partial charge in [-0.15, -0.1) is 0 Å². The summed E-state index contributed by atoms with van der Waals surface area (Å²) in [6.45, 7) is 3.36. The zero-order valence-electron chi connectivity index (χ0n) is 14.9. The fourth-order valence-corrected chi connectivity index (χ4v) is 3.33. The number of rotatable bonds is 7. The SMILES string of the molecule is CN=C(NCCSC)NCC1(c2ccc(OC)cc2)CCOCC1. The van der Waals surface area contributed by atoms with E-state index in [1.165, 1.54) is 5.56 Å². The molecule has 6 heteroatoms. The van der Waals surface area contributed by atoms with Crippen molar-refractivity contribution in [2.45, 2.75) is 18.3 Å². The fraction of sp³-hybridized carbons (Fsp3) is 0.611. The maximum absolute atomic E-state index is 5.60. The normalized spacial score (nSPS) is 17.4. The maximum Gasteiger partial charge on any atom is 0.191 e. The summed E-state index contributed by atoms with van der Waals surface area (Å²) in [6, 6.07) is 8.43. The third-order valence-corrected chi connectivity index (χ3v) is 5.18. The van der Waals surface area contributed by atoms with Crippen molar-refractivity contribution in [3.8, 4) is 5.75 Å². The van der Waals surface area contributed by atoms with Gasteiger partial charge in [0.2, 0.25) is 0 Å². The van der Waals surface area contributed by atoms with Crippen molar-refractivity contribution in [3.05, 3.63) is 29.8 Å². The number of thioether (sulfide) groups is 1. The second-order valence-corrected chi connectivity index (χ2v) is 6.95. The Labute approximate surface area is 149 Å². The Morgan fingerprint density at radius 1 is 1.25 bits per heavy atom. The van der Waals surface area contributed by atoms with E-state index in [0.717, 1.165) is 56.6 Å². The highest BCUT2D eigenvalue weighted by atomic mass is 32.2. The number of hydrogen-bond acceptors (Lipinski definition) is 4. The minimum absolute atomic E-state index is 0.0711. The molecule has 1 saturated heterocycles. The third-order valence-electron chi connectivity index (χ3n) is 4.57. The van der Waals surface area contributed by atoms with Crippen LogP contribution in [0, 0.1) is 0 Å². The largest absolute Gasteiger partial charge is 0.497 e. The predicted molar refractivity (Wildman–Crippen MR) is 102 cm³/mol. The van der Waals surface area contributed by atoms with Crippen LogP contribution < -0.4 is 15.4 Å². The highest BCUT2D eigenvalue weighted by molar-refractivity contribution is 7.98. The van der Waals surface area contributed by atoms with E-state index in [4.69, 9.17) is 9.47 Å². The quantitative estimate of drug-likeness (QED) is 0.448. The average molecular weight is 352 g/mol. The monoisotopic (exact) mass is 351 g/mol. The standard InChI is InChI=1S/C18H29N3O2S/c1-19-17(20-10-13-24-3)21-14-18(8-11-23-12-9-18)15-4-6-16(22-2)7-5-15/h4-7H,8-14H2,1-3H3,(H2,19,20,21). The van der Waals surface area contributed by atoms with E-state index in [9.17, 15) is 0 Å². The summed E-state index contributed by atoms with van der Waals surface area (Å²) >= 11 is 1.83. The Hall–Kier alpha value is -1.40. The lowest BCUT2D eigenvalue weighted by molar-refractivity contribution is 0.0513. The number of nitrogens with zero attached hydrogens (tertiary/aromatic N) is 1. The summed E-state index contributed by atoms with van der Waals surface area (Å²) in [7, 11) is 3.52. The lowest BCUT2D eigenvalue weighted by Gasteiger charge is -2.38. The first-order valence-electron chi connectivity index (χ1n) is 8.40. The van der Waals surface area contributed by atoms with Crippen LogP contribution in [0.1, 0.15) is 18.4 Å². The second kappa shape index (κ2) is 9.79. The Kier molecular flexibility index (Phi) is 7.72. The van der Waals surface area contributed by atoms with Gasteiger partial charge in [0.15, 0.2) is 5.96 Å². The van der Waals surface area contributed by atoms with Crippen LogP contribution in [0.25, 0.3) is 0 Å². The molecule has 1 heterocycles. The molecule has 0 aromatic heterocycles. The molecule has 2 rings (SSSR count). The van der Waals surface area contributed by atoms with Crippen LogP contribution in [0.5, 0.6) is 5.75 Å². The van der Waals surface area contributed by atoms with Gasteiger partial charge in [0.1, 0.15) is 5.75 Å². The Bertz CT molecular complexity index is 514. The van der Waals surface area contributed by atoms with Crippen LogP contribution in [0.15, 0.2) is 29.3 Å². The van der Waals surface area contributed by atoms with Gasteiger partial charge in [-0.1, -0.05) is 12.1 Å². The second-order valence-electron chi connectivity index (χ2n) is 5.97. The molecule has 0 unspecified atom stereocenters. The van der Waals surface area contributed by atoms with Crippen molar-refractivity contribution in [2.24, 2.45) is 4.99 Å². The summed E-state index contributed by atoms with van der Waals surface area (Å²) < 4.78 is 10.9. The van der Waals surface area contributed by atoms with E-state index in [2.05, 4.69) is 34.0 Å². The molecule has 2 N–H and O–H groups in total. The number of aliphatic imine (C=N–C) groups is 1. The van der Waals surface area contributed by atoms with E-state index >= 15 is 0 Å². The molecule has 0 radical (unpaired) electrons. The minimum Gasteiger partial charge on any atom is -0.497 e.